The Kier molecular flexibility index (Phi) is 3.65. The highest BCUT2D eigenvalue weighted by Gasteiger charge is 2.16. The van der Waals surface area contributed by atoms with Gasteiger partial charge in [-0.25, -0.2) is 0 Å². The van der Waals surface area contributed by atoms with E-state index in [-0.39, 0.29) is 18.1 Å². The normalized spacial score (nSPS) is 10.1. The summed E-state index contributed by atoms with van der Waals surface area (Å²) in [7, 11) is 0. The molecule has 0 saturated carbocycles. The van der Waals surface area contributed by atoms with Crippen LogP contribution in [0, 0.1) is 0 Å². The molecule has 2 aromatic carbocycles. The minimum absolute atomic E-state index is 0.0981. The number of carbonyl (C=O) groups excluding carboxylic acids is 2. The number of carbonyl (C=O) groups is 2. The van der Waals surface area contributed by atoms with Gasteiger partial charge in [-0.1, -0.05) is 54.6 Å². The van der Waals surface area contributed by atoms with Gasteiger partial charge in [0.1, 0.15) is 0 Å². The van der Waals surface area contributed by atoms with Crippen molar-refractivity contribution in [2.75, 3.05) is 6.54 Å². The van der Waals surface area contributed by atoms with Gasteiger partial charge in [0.05, 0.1) is 6.54 Å². The summed E-state index contributed by atoms with van der Waals surface area (Å²) in [4.78, 5) is 24.0. The molecule has 0 heterocycles. The molecule has 3 heteroatoms. The molecule has 0 aromatic heterocycles. The summed E-state index contributed by atoms with van der Waals surface area (Å²) in [6.45, 7) is -0.0981. The smallest absolute Gasteiger partial charge is 0.193 e. The third-order valence-electron chi connectivity index (χ3n) is 2.69. The van der Waals surface area contributed by atoms with Crippen molar-refractivity contribution >= 4 is 11.6 Å². The Balaban J connectivity index is 2.46. The number of rotatable bonds is 4. The van der Waals surface area contributed by atoms with Crippen molar-refractivity contribution in [2.24, 2.45) is 5.73 Å². The summed E-state index contributed by atoms with van der Waals surface area (Å²) in [5.41, 5.74) is 6.70. The molecule has 0 saturated heterocycles. The largest absolute Gasteiger partial charge is 0.324 e. The highest BCUT2D eigenvalue weighted by Crippen LogP contribution is 2.15. The standard InChI is InChI=1S/C15H13NO2/c16-10-14(17)12-8-4-5-9-13(12)15(18)11-6-2-1-3-7-11/h1-9H,10,16H2. The van der Waals surface area contributed by atoms with Gasteiger partial charge in [0, 0.05) is 16.7 Å². The van der Waals surface area contributed by atoms with Crippen LogP contribution in [0.3, 0.4) is 0 Å². The molecular formula is C15H13NO2. The molecule has 2 aromatic rings. The number of nitrogens with two attached hydrogens (primary N) is 1. The van der Waals surface area contributed by atoms with Crippen molar-refractivity contribution in [1.29, 1.82) is 0 Å². The van der Waals surface area contributed by atoms with Crippen molar-refractivity contribution in [2.45, 2.75) is 0 Å². The molecule has 0 aliphatic heterocycles. The molecule has 90 valence electrons. The molecule has 0 unspecified atom stereocenters. The van der Waals surface area contributed by atoms with Gasteiger partial charge in [0.15, 0.2) is 11.6 Å². The van der Waals surface area contributed by atoms with E-state index >= 15 is 0 Å². The molecule has 0 radical (unpaired) electrons. The van der Waals surface area contributed by atoms with Crippen molar-refractivity contribution in [3.8, 4) is 0 Å². The Bertz CT molecular complexity index is 576. The average Bonchev–Trinajstić information content (AvgIpc) is 2.46. The summed E-state index contributed by atoms with van der Waals surface area (Å²) in [6, 6.07) is 15.6. The van der Waals surface area contributed by atoms with Crippen LogP contribution in [0.15, 0.2) is 54.6 Å². The highest BCUT2D eigenvalue weighted by atomic mass is 16.1. The lowest BCUT2D eigenvalue weighted by Crippen LogP contribution is -2.17. The van der Waals surface area contributed by atoms with Gasteiger partial charge in [-0.05, 0) is 0 Å². The van der Waals surface area contributed by atoms with Crippen LogP contribution in [0.25, 0.3) is 0 Å². The van der Waals surface area contributed by atoms with E-state index in [4.69, 9.17) is 5.73 Å². The molecule has 18 heavy (non-hydrogen) atoms. The van der Waals surface area contributed by atoms with Crippen LogP contribution >= 0.6 is 0 Å². The van der Waals surface area contributed by atoms with Crippen LogP contribution in [-0.4, -0.2) is 18.1 Å². The molecule has 0 spiro atoms. The van der Waals surface area contributed by atoms with Gasteiger partial charge in [-0.15, -0.1) is 0 Å². The van der Waals surface area contributed by atoms with Gasteiger partial charge in [0.2, 0.25) is 0 Å². The molecular weight excluding hydrogens is 226 g/mol. The van der Waals surface area contributed by atoms with E-state index in [1.165, 1.54) is 0 Å². The molecule has 3 nitrogen and oxygen atoms in total. The van der Waals surface area contributed by atoms with Crippen LogP contribution in [-0.2, 0) is 0 Å². The van der Waals surface area contributed by atoms with Crippen molar-refractivity contribution in [1.82, 2.24) is 0 Å². The van der Waals surface area contributed by atoms with Crippen LogP contribution in [0.4, 0.5) is 0 Å². The second-order valence-corrected chi connectivity index (χ2v) is 3.87. The third-order valence-corrected chi connectivity index (χ3v) is 2.69. The number of hydrogen-bond acceptors (Lipinski definition) is 3. The van der Waals surface area contributed by atoms with Gasteiger partial charge in [0.25, 0.3) is 0 Å². The van der Waals surface area contributed by atoms with E-state index in [9.17, 15) is 9.59 Å². The lowest BCUT2D eigenvalue weighted by atomic mass is 9.96. The summed E-state index contributed by atoms with van der Waals surface area (Å²) in [5.74, 6) is -0.386. The molecule has 2 N–H and O–H groups in total. The number of benzene rings is 2. The quantitative estimate of drug-likeness (QED) is 0.831. The molecule has 2 rings (SSSR count). The minimum Gasteiger partial charge on any atom is -0.324 e. The van der Waals surface area contributed by atoms with Crippen LogP contribution in [0.5, 0.6) is 0 Å². The maximum atomic E-state index is 12.3. The lowest BCUT2D eigenvalue weighted by molar-refractivity contribution is 0.0982. The van der Waals surface area contributed by atoms with Crippen molar-refractivity contribution in [3.63, 3.8) is 0 Å². The second-order valence-electron chi connectivity index (χ2n) is 3.87. The fourth-order valence-corrected chi connectivity index (χ4v) is 1.78. The monoisotopic (exact) mass is 239 g/mol. The average molecular weight is 239 g/mol. The van der Waals surface area contributed by atoms with E-state index < -0.39 is 0 Å². The first-order chi connectivity index (χ1) is 8.74. The fourth-order valence-electron chi connectivity index (χ4n) is 1.78. The minimum atomic E-state index is -0.227. The highest BCUT2D eigenvalue weighted by molar-refractivity contribution is 6.15. The molecule has 0 aliphatic carbocycles. The van der Waals surface area contributed by atoms with E-state index in [1.54, 1.807) is 48.5 Å². The Morgan fingerprint density at radius 3 is 2.00 bits per heavy atom. The summed E-state index contributed by atoms with van der Waals surface area (Å²) in [6.07, 6.45) is 0. The zero-order chi connectivity index (χ0) is 13.0. The molecule has 0 bridgehead atoms. The zero-order valence-corrected chi connectivity index (χ0v) is 9.80. The zero-order valence-electron chi connectivity index (χ0n) is 9.80. The summed E-state index contributed by atoms with van der Waals surface area (Å²) < 4.78 is 0. The first kappa shape index (κ1) is 12.2. The number of ketones is 2. The van der Waals surface area contributed by atoms with E-state index in [2.05, 4.69) is 0 Å². The van der Waals surface area contributed by atoms with Gasteiger partial charge in [-0.2, -0.15) is 0 Å². The maximum Gasteiger partial charge on any atom is 0.193 e. The van der Waals surface area contributed by atoms with E-state index in [1.807, 2.05) is 6.07 Å². The Morgan fingerprint density at radius 2 is 1.39 bits per heavy atom. The topological polar surface area (TPSA) is 60.2 Å². The second kappa shape index (κ2) is 5.38. The van der Waals surface area contributed by atoms with Gasteiger partial charge in [-0.3, -0.25) is 9.59 Å². The first-order valence-electron chi connectivity index (χ1n) is 5.66. The van der Waals surface area contributed by atoms with E-state index in [0.29, 0.717) is 16.7 Å². The Morgan fingerprint density at radius 1 is 0.833 bits per heavy atom. The van der Waals surface area contributed by atoms with Crippen LogP contribution in [0.2, 0.25) is 0 Å². The Labute approximate surface area is 105 Å². The van der Waals surface area contributed by atoms with Crippen molar-refractivity contribution < 1.29 is 9.59 Å². The van der Waals surface area contributed by atoms with Crippen LogP contribution < -0.4 is 5.73 Å². The van der Waals surface area contributed by atoms with E-state index in [0.717, 1.165) is 0 Å². The molecule has 0 amide bonds. The fraction of sp³-hybridized carbons (Fsp3) is 0.0667. The predicted molar refractivity (Wildman–Crippen MR) is 69.7 cm³/mol. The SMILES string of the molecule is NCC(=O)c1ccccc1C(=O)c1ccccc1. The number of Topliss-reactive ketones (excluding diaryl/α,β-unsaturated/α-hetero) is 1. The van der Waals surface area contributed by atoms with Crippen molar-refractivity contribution in [3.05, 3.63) is 71.3 Å². The van der Waals surface area contributed by atoms with Crippen LogP contribution in [0.1, 0.15) is 26.3 Å². The predicted octanol–water partition coefficient (Wildman–Crippen LogP) is 2.06. The molecule has 0 fully saturated rings. The first-order valence-corrected chi connectivity index (χ1v) is 5.66. The molecule has 0 atom stereocenters. The lowest BCUT2D eigenvalue weighted by Gasteiger charge is -2.06. The summed E-state index contributed by atoms with van der Waals surface area (Å²) in [5, 5.41) is 0. The van der Waals surface area contributed by atoms with Gasteiger partial charge < -0.3 is 5.73 Å². The maximum absolute atomic E-state index is 12.3. The Hall–Kier alpha value is -2.26. The molecule has 0 aliphatic rings. The third kappa shape index (κ3) is 2.36. The van der Waals surface area contributed by atoms with Gasteiger partial charge >= 0.3 is 0 Å². The summed E-state index contributed by atoms with van der Waals surface area (Å²) >= 11 is 0. The number of hydrogen-bond donors (Lipinski definition) is 1.